The van der Waals surface area contributed by atoms with Gasteiger partial charge >= 0.3 is 0 Å². The Labute approximate surface area is 168 Å². The highest BCUT2D eigenvalue weighted by Gasteiger charge is 2.29. The fraction of sp³-hybridized carbons (Fsp3) is 0.0833. The highest BCUT2D eigenvalue weighted by atomic mass is 16.1. The van der Waals surface area contributed by atoms with Crippen LogP contribution in [-0.4, -0.2) is 14.5 Å². The van der Waals surface area contributed by atoms with Crippen LogP contribution >= 0.6 is 0 Å². The van der Waals surface area contributed by atoms with E-state index in [0.717, 1.165) is 16.7 Å². The third-order valence-electron chi connectivity index (χ3n) is 4.91. The fourth-order valence-corrected chi connectivity index (χ4v) is 3.65. The zero-order valence-corrected chi connectivity index (χ0v) is 15.6. The lowest BCUT2D eigenvalue weighted by molar-refractivity contribution is 0.505. The van der Waals surface area contributed by atoms with E-state index in [1.54, 1.807) is 41.4 Å². The zero-order valence-electron chi connectivity index (χ0n) is 15.6. The van der Waals surface area contributed by atoms with Crippen LogP contribution in [0.1, 0.15) is 34.2 Å². The van der Waals surface area contributed by atoms with Crippen molar-refractivity contribution >= 4 is 0 Å². The number of benzene rings is 1. The van der Waals surface area contributed by atoms with E-state index in [1.165, 1.54) is 0 Å². The molecule has 0 saturated heterocycles. The predicted molar refractivity (Wildman–Crippen MR) is 110 cm³/mol. The molecule has 0 aliphatic rings. The first kappa shape index (κ1) is 18.3. The molecule has 0 aliphatic heterocycles. The number of aromatic nitrogens is 3. The maximum atomic E-state index is 12.8. The molecule has 1 unspecified atom stereocenters. The molecule has 140 valence electrons. The van der Waals surface area contributed by atoms with Crippen molar-refractivity contribution < 1.29 is 0 Å². The quantitative estimate of drug-likeness (QED) is 0.527. The van der Waals surface area contributed by atoms with Crippen molar-refractivity contribution in [2.75, 3.05) is 0 Å². The molecule has 0 aliphatic carbocycles. The summed E-state index contributed by atoms with van der Waals surface area (Å²) in [5.41, 5.74) is 3.23. The Morgan fingerprint density at radius 3 is 2.10 bits per heavy atom. The van der Waals surface area contributed by atoms with Crippen molar-refractivity contribution in [3.63, 3.8) is 0 Å². The normalized spacial score (nSPS) is 11.7. The summed E-state index contributed by atoms with van der Waals surface area (Å²) in [7, 11) is 0. The lowest BCUT2D eigenvalue weighted by atomic mass is 9.82. The molecule has 1 atom stereocenters. The van der Waals surface area contributed by atoms with Gasteiger partial charge in [0.2, 0.25) is 0 Å². The average molecular weight is 378 g/mol. The van der Waals surface area contributed by atoms with E-state index >= 15 is 0 Å². The largest absolute Gasteiger partial charge is 0.307 e. The fourth-order valence-electron chi connectivity index (χ4n) is 3.65. The average Bonchev–Trinajstić information content (AvgIpc) is 2.79. The molecular formula is C24H18N4O. The molecule has 5 nitrogen and oxygen atoms in total. The van der Waals surface area contributed by atoms with E-state index in [2.05, 4.69) is 16.0 Å². The van der Waals surface area contributed by atoms with E-state index in [1.807, 2.05) is 60.9 Å². The zero-order chi connectivity index (χ0) is 20.1. The molecule has 0 fully saturated rings. The highest BCUT2D eigenvalue weighted by molar-refractivity contribution is 5.40. The second-order valence-corrected chi connectivity index (χ2v) is 6.68. The molecule has 1 aromatic carbocycles. The van der Waals surface area contributed by atoms with Gasteiger partial charge < -0.3 is 4.57 Å². The third-order valence-corrected chi connectivity index (χ3v) is 4.91. The number of pyridine rings is 3. The SMILES string of the molecule is N#Cc1cccc(C(C(c2cccnc2)c2cccnc2)n2ccccc2=O)c1. The Morgan fingerprint density at radius 2 is 1.52 bits per heavy atom. The van der Waals surface area contributed by atoms with Gasteiger partial charge in [-0.15, -0.1) is 0 Å². The molecule has 5 heteroatoms. The second kappa shape index (κ2) is 8.32. The van der Waals surface area contributed by atoms with Gasteiger partial charge in [0.05, 0.1) is 17.7 Å². The molecule has 4 rings (SSSR count). The Bertz CT molecular complexity index is 1160. The van der Waals surface area contributed by atoms with E-state index < -0.39 is 0 Å². The summed E-state index contributed by atoms with van der Waals surface area (Å²) in [6.07, 6.45) is 8.86. The number of rotatable bonds is 5. The summed E-state index contributed by atoms with van der Waals surface area (Å²) in [5, 5.41) is 9.40. The number of nitrogens with zero attached hydrogens (tertiary/aromatic N) is 4. The van der Waals surface area contributed by atoms with Crippen LogP contribution in [0.5, 0.6) is 0 Å². The Balaban J connectivity index is 2.00. The van der Waals surface area contributed by atoms with Crippen LogP contribution < -0.4 is 5.56 Å². The monoisotopic (exact) mass is 378 g/mol. The summed E-state index contributed by atoms with van der Waals surface area (Å²) in [4.78, 5) is 21.4. The third kappa shape index (κ3) is 3.83. The summed E-state index contributed by atoms with van der Waals surface area (Å²) in [6, 6.07) is 22.1. The van der Waals surface area contributed by atoms with Gasteiger partial charge in [0.15, 0.2) is 0 Å². The van der Waals surface area contributed by atoms with Crippen LogP contribution in [0.15, 0.2) is 103 Å². The van der Waals surface area contributed by atoms with Crippen molar-refractivity contribution in [1.82, 2.24) is 14.5 Å². The molecule has 3 aromatic heterocycles. The number of hydrogen-bond donors (Lipinski definition) is 0. The minimum atomic E-state index is -0.370. The van der Waals surface area contributed by atoms with Gasteiger partial charge in [0.1, 0.15) is 0 Å². The second-order valence-electron chi connectivity index (χ2n) is 6.68. The van der Waals surface area contributed by atoms with E-state index in [4.69, 9.17) is 0 Å². The minimum Gasteiger partial charge on any atom is -0.307 e. The number of hydrogen-bond acceptors (Lipinski definition) is 4. The van der Waals surface area contributed by atoms with Crippen molar-refractivity contribution in [2.24, 2.45) is 0 Å². The molecular weight excluding hydrogens is 360 g/mol. The van der Waals surface area contributed by atoms with Crippen molar-refractivity contribution in [3.8, 4) is 6.07 Å². The van der Waals surface area contributed by atoms with Crippen LogP contribution in [0.2, 0.25) is 0 Å². The van der Waals surface area contributed by atoms with Crippen molar-refractivity contribution in [2.45, 2.75) is 12.0 Å². The molecule has 0 spiro atoms. The van der Waals surface area contributed by atoms with Gasteiger partial charge in [-0.1, -0.05) is 30.3 Å². The molecule has 0 amide bonds. The molecule has 3 heterocycles. The van der Waals surface area contributed by atoms with E-state index in [9.17, 15) is 10.1 Å². The van der Waals surface area contributed by atoms with Gasteiger partial charge in [-0.05, 0) is 47.0 Å². The van der Waals surface area contributed by atoms with E-state index in [-0.39, 0.29) is 17.5 Å². The molecule has 0 bridgehead atoms. The van der Waals surface area contributed by atoms with Gasteiger partial charge in [-0.25, -0.2) is 0 Å². The van der Waals surface area contributed by atoms with Crippen LogP contribution in [0.4, 0.5) is 0 Å². The lowest BCUT2D eigenvalue weighted by Gasteiger charge is -2.30. The molecule has 0 saturated carbocycles. The first-order chi connectivity index (χ1) is 14.3. The molecule has 0 radical (unpaired) electrons. The first-order valence-electron chi connectivity index (χ1n) is 9.25. The summed E-state index contributed by atoms with van der Waals surface area (Å²) >= 11 is 0. The van der Waals surface area contributed by atoms with Crippen LogP contribution in [0.3, 0.4) is 0 Å². The van der Waals surface area contributed by atoms with Crippen LogP contribution in [-0.2, 0) is 0 Å². The smallest absolute Gasteiger partial charge is 0.251 e. The van der Waals surface area contributed by atoms with E-state index in [0.29, 0.717) is 5.56 Å². The minimum absolute atomic E-state index is 0.113. The van der Waals surface area contributed by atoms with Gasteiger partial charge in [0, 0.05) is 43.0 Å². The summed E-state index contributed by atoms with van der Waals surface area (Å²) in [6.45, 7) is 0. The maximum Gasteiger partial charge on any atom is 0.251 e. The number of nitriles is 1. The standard InChI is InChI=1S/C24H18N4O/c25-15-18-6-3-7-19(14-18)24(28-13-2-1-10-22(28)29)23(20-8-4-11-26-16-20)21-9-5-12-27-17-21/h1-14,16-17,23-24H. The Morgan fingerprint density at radius 1 is 0.828 bits per heavy atom. The molecule has 4 aromatic rings. The summed E-state index contributed by atoms with van der Waals surface area (Å²) in [5.74, 6) is -0.216. The highest BCUT2D eigenvalue weighted by Crippen LogP contribution is 2.38. The van der Waals surface area contributed by atoms with Crippen LogP contribution in [0.25, 0.3) is 0 Å². The Hall–Kier alpha value is -4.04. The topological polar surface area (TPSA) is 71.6 Å². The molecule has 29 heavy (non-hydrogen) atoms. The predicted octanol–water partition coefficient (Wildman–Crippen LogP) is 3.93. The van der Waals surface area contributed by atoms with Crippen molar-refractivity contribution in [1.29, 1.82) is 5.26 Å². The maximum absolute atomic E-state index is 12.8. The lowest BCUT2D eigenvalue weighted by Crippen LogP contribution is -2.29. The van der Waals surface area contributed by atoms with Gasteiger partial charge in [0.25, 0.3) is 5.56 Å². The molecule has 0 N–H and O–H groups in total. The first-order valence-corrected chi connectivity index (χ1v) is 9.25. The summed E-state index contributed by atoms with van der Waals surface area (Å²) < 4.78 is 1.71. The van der Waals surface area contributed by atoms with Crippen LogP contribution in [0, 0.1) is 11.3 Å². The van der Waals surface area contributed by atoms with Gasteiger partial charge in [-0.2, -0.15) is 5.26 Å². The van der Waals surface area contributed by atoms with Crippen molar-refractivity contribution in [3.05, 3.63) is 130 Å². The Kier molecular flexibility index (Phi) is 5.26. The van der Waals surface area contributed by atoms with Gasteiger partial charge in [-0.3, -0.25) is 14.8 Å².